The lowest BCUT2D eigenvalue weighted by Crippen LogP contribution is -2.28. The first-order chi connectivity index (χ1) is 17.2. The molecule has 6 nitrogen and oxygen atoms in total. The van der Waals surface area contributed by atoms with Gasteiger partial charge in [0.1, 0.15) is 5.03 Å². The topological polar surface area (TPSA) is 84.0 Å². The van der Waals surface area contributed by atoms with E-state index in [1.165, 1.54) is 6.07 Å². The molecule has 0 spiro atoms. The van der Waals surface area contributed by atoms with E-state index in [-0.39, 0.29) is 33.8 Å². The number of nitrogens with zero attached hydrogens (tertiary/aromatic N) is 2. The first kappa shape index (κ1) is 25.2. The summed E-state index contributed by atoms with van der Waals surface area (Å²) in [7, 11) is 0. The molecular formula is C26H21F3N4O2S. The summed E-state index contributed by atoms with van der Waals surface area (Å²) in [6.07, 6.45) is -4.72. The van der Waals surface area contributed by atoms with E-state index in [1.807, 2.05) is 37.3 Å². The molecule has 0 aliphatic heterocycles. The van der Waals surface area contributed by atoms with E-state index >= 15 is 0 Å². The second-order valence-corrected chi connectivity index (χ2v) is 8.82. The molecule has 0 bridgehead atoms. The number of halogens is 3. The number of anilines is 1. The first-order valence-electron chi connectivity index (χ1n) is 10.9. The Balaban J connectivity index is 1.47. The maximum atomic E-state index is 13.2. The molecule has 1 aromatic heterocycles. The van der Waals surface area contributed by atoms with E-state index in [0.29, 0.717) is 11.1 Å². The molecule has 1 atom stereocenters. The highest BCUT2D eigenvalue weighted by Crippen LogP contribution is 2.32. The predicted octanol–water partition coefficient (Wildman–Crippen LogP) is 5.87. The zero-order valence-corrected chi connectivity index (χ0v) is 19.9. The van der Waals surface area contributed by atoms with E-state index < -0.39 is 17.9 Å². The van der Waals surface area contributed by atoms with Crippen LogP contribution in [0.1, 0.15) is 34.7 Å². The number of alkyl halides is 3. The summed E-state index contributed by atoms with van der Waals surface area (Å²) >= 11 is 0.866. The summed E-state index contributed by atoms with van der Waals surface area (Å²) in [6, 6.07) is 22.0. The standard InChI is InChI=1S/C26H21F3N4O2S/c1-16(17-9-3-2-4-10-17)30-23(35)18-11-5-7-13-20(18)31-22(34)15-36-24-19-12-6-8-14-21(19)32-25(33-24)26(27,28)29/h2-14,16H,15H2,1H3,(H,30,35)(H,31,34). The fourth-order valence-electron chi connectivity index (χ4n) is 3.49. The molecule has 4 aromatic rings. The Bertz CT molecular complexity index is 1400. The van der Waals surface area contributed by atoms with Crippen molar-refractivity contribution in [2.45, 2.75) is 24.2 Å². The van der Waals surface area contributed by atoms with Crippen LogP contribution >= 0.6 is 11.8 Å². The van der Waals surface area contributed by atoms with E-state index in [0.717, 1.165) is 17.3 Å². The minimum absolute atomic E-state index is 0.0470. The fraction of sp³-hybridized carbons (Fsp3) is 0.154. The van der Waals surface area contributed by atoms with Gasteiger partial charge in [-0.25, -0.2) is 9.97 Å². The highest BCUT2D eigenvalue weighted by Gasteiger charge is 2.35. The fourth-order valence-corrected chi connectivity index (χ4v) is 4.31. The van der Waals surface area contributed by atoms with Gasteiger partial charge in [-0.1, -0.05) is 72.4 Å². The molecule has 0 saturated heterocycles. The van der Waals surface area contributed by atoms with Gasteiger partial charge in [0.15, 0.2) is 0 Å². The summed E-state index contributed by atoms with van der Waals surface area (Å²) < 4.78 is 39.7. The maximum Gasteiger partial charge on any atom is 0.451 e. The van der Waals surface area contributed by atoms with Crippen molar-refractivity contribution in [3.63, 3.8) is 0 Å². The Morgan fingerprint density at radius 2 is 1.58 bits per heavy atom. The smallest absolute Gasteiger partial charge is 0.345 e. The Morgan fingerprint density at radius 1 is 0.917 bits per heavy atom. The zero-order chi connectivity index (χ0) is 25.7. The highest BCUT2D eigenvalue weighted by molar-refractivity contribution is 8.00. The molecule has 0 fully saturated rings. The number of thioether (sulfide) groups is 1. The number of carbonyl (C=O) groups is 2. The average Bonchev–Trinajstić information content (AvgIpc) is 2.87. The van der Waals surface area contributed by atoms with Gasteiger partial charge in [-0.15, -0.1) is 0 Å². The van der Waals surface area contributed by atoms with Gasteiger partial charge in [-0.2, -0.15) is 13.2 Å². The molecule has 0 saturated carbocycles. The lowest BCUT2D eigenvalue weighted by Gasteiger charge is -2.16. The monoisotopic (exact) mass is 510 g/mol. The van der Waals surface area contributed by atoms with Crippen molar-refractivity contribution in [2.75, 3.05) is 11.1 Å². The van der Waals surface area contributed by atoms with Crippen molar-refractivity contribution in [3.05, 3.63) is 95.8 Å². The van der Waals surface area contributed by atoms with Crippen LogP contribution in [0.5, 0.6) is 0 Å². The maximum absolute atomic E-state index is 13.2. The van der Waals surface area contributed by atoms with Crippen LogP contribution in [0, 0.1) is 0 Å². The molecule has 10 heteroatoms. The molecule has 184 valence electrons. The number of rotatable bonds is 7. The van der Waals surface area contributed by atoms with Crippen LogP contribution in [0.2, 0.25) is 0 Å². The van der Waals surface area contributed by atoms with Gasteiger partial charge in [-0.05, 0) is 30.7 Å². The molecule has 1 heterocycles. The lowest BCUT2D eigenvalue weighted by molar-refractivity contribution is -0.145. The van der Waals surface area contributed by atoms with Crippen molar-refractivity contribution >= 4 is 40.2 Å². The molecule has 3 aromatic carbocycles. The number of aromatic nitrogens is 2. The van der Waals surface area contributed by atoms with Crippen LogP contribution in [0.25, 0.3) is 10.9 Å². The van der Waals surface area contributed by atoms with Gasteiger partial charge in [0, 0.05) is 5.39 Å². The summed E-state index contributed by atoms with van der Waals surface area (Å²) in [5.41, 5.74) is 1.63. The number of benzene rings is 3. The molecule has 0 aliphatic rings. The third-order valence-electron chi connectivity index (χ3n) is 5.25. The predicted molar refractivity (Wildman–Crippen MR) is 133 cm³/mol. The molecule has 0 radical (unpaired) electrons. The molecule has 0 aliphatic carbocycles. The molecule has 1 unspecified atom stereocenters. The summed E-state index contributed by atoms with van der Waals surface area (Å²) in [4.78, 5) is 32.8. The Labute approximate surface area is 209 Å². The van der Waals surface area contributed by atoms with Crippen molar-refractivity contribution in [3.8, 4) is 0 Å². The molecule has 2 amide bonds. The lowest BCUT2D eigenvalue weighted by atomic mass is 10.1. The largest absolute Gasteiger partial charge is 0.451 e. The number of carbonyl (C=O) groups excluding carboxylic acids is 2. The minimum Gasteiger partial charge on any atom is -0.345 e. The van der Waals surface area contributed by atoms with E-state index in [1.54, 1.807) is 42.5 Å². The van der Waals surface area contributed by atoms with Crippen molar-refractivity contribution in [1.82, 2.24) is 15.3 Å². The minimum atomic E-state index is -4.72. The molecule has 4 rings (SSSR count). The van der Waals surface area contributed by atoms with E-state index in [2.05, 4.69) is 20.6 Å². The Hall–Kier alpha value is -3.92. The summed E-state index contributed by atoms with van der Waals surface area (Å²) in [5.74, 6) is -2.34. The van der Waals surface area contributed by atoms with Gasteiger partial charge in [0.05, 0.1) is 28.6 Å². The number of para-hydroxylation sites is 2. The highest BCUT2D eigenvalue weighted by atomic mass is 32.2. The van der Waals surface area contributed by atoms with Gasteiger partial charge in [0.2, 0.25) is 11.7 Å². The second kappa shape index (κ2) is 10.8. The first-order valence-corrected chi connectivity index (χ1v) is 11.9. The Kier molecular flexibility index (Phi) is 7.54. The normalized spacial score (nSPS) is 12.2. The number of fused-ring (bicyclic) bond motifs is 1. The van der Waals surface area contributed by atoms with E-state index in [4.69, 9.17) is 0 Å². The SMILES string of the molecule is CC(NC(=O)c1ccccc1NC(=O)CSc1nc(C(F)(F)F)nc2ccccc12)c1ccccc1. The zero-order valence-electron chi connectivity index (χ0n) is 19.0. The van der Waals surface area contributed by atoms with Gasteiger partial charge >= 0.3 is 6.18 Å². The summed E-state index contributed by atoms with van der Waals surface area (Å²) in [6.45, 7) is 1.85. The third kappa shape index (κ3) is 6.01. The quantitative estimate of drug-likeness (QED) is 0.240. The molecule has 2 N–H and O–H groups in total. The average molecular weight is 511 g/mol. The third-order valence-corrected chi connectivity index (χ3v) is 6.25. The summed E-state index contributed by atoms with van der Waals surface area (Å²) in [5, 5.41) is 6.05. The van der Waals surface area contributed by atoms with E-state index in [9.17, 15) is 22.8 Å². The molecular weight excluding hydrogens is 489 g/mol. The van der Waals surface area contributed by atoms with Gasteiger partial charge < -0.3 is 10.6 Å². The number of amides is 2. The van der Waals surface area contributed by atoms with Crippen LogP contribution in [-0.4, -0.2) is 27.5 Å². The van der Waals surface area contributed by atoms with Crippen LogP contribution in [0.3, 0.4) is 0 Å². The van der Waals surface area contributed by atoms with Crippen LogP contribution in [-0.2, 0) is 11.0 Å². The van der Waals surface area contributed by atoms with Gasteiger partial charge in [-0.3, -0.25) is 9.59 Å². The van der Waals surface area contributed by atoms with Crippen molar-refractivity contribution in [1.29, 1.82) is 0 Å². The molecule has 36 heavy (non-hydrogen) atoms. The van der Waals surface area contributed by atoms with Crippen molar-refractivity contribution in [2.24, 2.45) is 0 Å². The van der Waals surface area contributed by atoms with Crippen LogP contribution < -0.4 is 10.6 Å². The number of hydrogen-bond donors (Lipinski definition) is 2. The number of hydrogen-bond acceptors (Lipinski definition) is 5. The van der Waals surface area contributed by atoms with Crippen LogP contribution in [0.15, 0.2) is 83.9 Å². The van der Waals surface area contributed by atoms with Crippen LogP contribution in [0.4, 0.5) is 18.9 Å². The number of nitrogens with one attached hydrogen (secondary N) is 2. The van der Waals surface area contributed by atoms with Crippen molar-refractivity contribution < 1.29 is 22.8 Å². The second-order valence-electron chi connectivity index (χ2n) is 7.86. The van der Waals surface area contributed by atoms with Gasteiger partial charge in [0.25, 0.3) is 5.91 Å². The Morgan fingerprint density at radius 3 is 2.33 bits per heavy atom.